The van der Waals surface area contributed by atoms with Crippen LogP contribution in [0, 0.1) is 0 Å². The maximum Gasteiger partial charge on any atom is 0.0152 e. The van der Waals surface area contributed by atoms with E-state index in [0.29, 0.717) is 5.92 Å². The number of hydrogen-bond acceptors (Lipinski definition) is 1. The van der Waals surface area contributed by atoms with Crippen LogP contribution in [0.4, 0.5) is 0 Å². The van der Waals surface area contributed by atoms with E-state index in [1.54, 1.807) is 0 Å². The monoisotopic (exact) mass is 223 g/mol. The second-order valence-corrected chi connectivity index (χ2v) is 4.86. The van der Waals surface area contributed by atoms with Crippen LogP contribution < -0.4 is 5.73 Å². The fourth-order valence-electron chi connectivity index (χ4n) is 2.84. The first-order chi connectivity index (χ1) is 8.34. The first-order valence-electron chi connectivity index (χ1n) is 6.22. The minimum atomic E-state index is 0.271. The van der Waals surface area contributed by atoms with Crippen LogP contribution in [-0.4, -0.2) is 6.04 Å². The van der Waals surface area contributed by atoms with Gasteiger partial charge >= 0.3 is 0 Å². The van der Waals surface area contributed by atoms with Gasteiger partial charge in [-0.1, -0.05) is 54.6 Å². The molecule has 0 aliphatic heterocycles. The van der Waals surface area contributed by atoms with E-state index in [2.05, 4.69) is 54.6 Å². The zero-order valence-corrected chi connectivity index (χ0v) is 9.84. The molecule has 0 saturated heterocycles. The highest BCUT2D eigenvalue weighted by atomic mass is 14.7. The number of benzene rings is 2. The fraction of sp³-hybridized carbons (Fsp3) is 0.250. The molecule has 1 heteroatoms. The van der Waals surface area contributed by atoms with E-state index >= 15 is 0 Å². The van der Waals surface area contributed by atoms with Gasteiger partial charge in [-0.05, 0) is 29.5 Å². The lowest BCUT2D eigenvalue weighted by Crippen LogP contribution is -2.26. The normalized spacial score (nSPS) is 22.4. The lowest BCUT2D eigenvalue weighted by Gasteiger charge is -2.16. The van der Waals surface area contributed by atoms with Crippen molar-refractivity contribution in [1.82, 2.24) is 0 Å². The second-order valence-electron chi connectivity index (χ2n) is 4.86. The largest absolute Gasteiger partial charge is 0.327 e. The predicted octanol–water partition coefficient (Wildman–Crippen LogP) is 2.90. The summed E-state index contributed by atoms with van der Waals surface area (Å²) in [5, 5.41) is 0. The van der Waals surface area contributed by atoms with Crippen LogP contribution in [0.5, 0.6) is 0 Å². The molecule has 2 aromatic carbocycles. The van der Waals surface area contributed by atoms with Crippen molar-refractivity contribution in [2.24, 2.45) is 5.73 Å². The molecule has 0 saturated carbocycles. The van der Waals surface area contributed by atoms with Gasteiger partial charge in [0.25, 0.3) is 0 Å². The number of fused-ring (bicyclic) bond motifs is 1. The topological polar surface area (TPSA) is 26.0 Å². The van der Waals surface area contributed by atoms with Crippen LogP contribution >= 0.6 is 0 Å². The molecule has 2 atom stereocenters. The molecule has 17 heavy (non-hydrogen) atoms. The molecule has 0 unspecified atom stereocenters. The highest BCUT2D eigenvalue weighted by molar-refractivity contribution is 5.38. The van der Waals surface area contributed by atoms with Gasteiger partial charge in [-0.2, -0.15) is 0 Å². The Bertz CT molecular complexity index is 504. The summed E-state index contributed by atoms with van der Waals surface area (Å²) in [7, 11) is 0. The standard InChI is InChI=1S/C16H17N/c17-16-11-13-8-4-5-9-14(13)15(16)10-12-6-2-1-3-7-12/h1-9,15-16H,10-11,17H2/t15-,16+/m1/s1. The van der Waals surface area contributed by atoms with Crippen molar-refractivity contribution < 1.29 is 0 Å². The van der Waals surface area contributed by atoms with E-state index in [0.717, 1.165) is 12.8 Å². The lowest BCUT2D eigenvalue weighted by molar-refractivity contribution is 0.570. The maximum atomic E-state index is 6.28. The molecule has 1 nitrogen and oxygen atoms in total. The van der Waals surface area contributed by atoms with Crippen LogP contribution in [0.15, 0.2) is 54.6 Å². The first-order valence-corrected chi connectivity index (χ1v) is 6.22. The third-order valence-electron chi connectivity index (χ3n) is 3.73. The van der Waals surface area contributed by atoms with Gasteiger partial charge in [-0.25, -0.2) is 0 Å². The van der Waals surface area contributed by atoms with Gasteiger partial charge in [0.2, 0.25) is 0 Å². The molecule has 0 radical (unpaired) electrons. The molecule has 1 aliphatic rings. The average Bonchev–Trinajstić information content (AvgIpc) is 2.68. The van der Waals surface area contributed by atoms with Gasteiger partial charge in [0.1, 0.15) is 0 Å². The molecule has 1 aliphatic carbocycles. The summed E-state index contributed by atoms with van der Waals surface area (Å²) in [6.45, 7) is 0. The summed E-state index contributed by atoms with van der Waals surface area (Å²) < 4.78 is 0. The molecular weight excluding hydrogens is 206 g/mol. The van der Waals surface area contributed by atoms with Gasteiger partial charge < -0.3 is 5.73 Å². The Balaban J connectivity index is 1.89. The summed E-state index contributed by atoms with van der Waals surface area (Å²) in [6, 6.07) is 19.6. The van der Waals surface area contributed by atoms with E-state index in [4.69, 9.17) is 5.73 Å². The molecule has 0 spiro atoms. The van der Waals surface area contributed by atoms with Crippen molar-refractivity contribution in [2.75, 3.05) is 0 Å². The third kappa shape index (κ3) is 1.98. The third-order valence-corrected chi connectivity index (χ3v) is 3.73. The van der Waals surface area contributed by atoms with Crippen LogP contribution in [-0.2, 0) is 12.8 Å². The van der Waals surface area contributed by atoms with Gasteiger partial charge in [-0.15, -0.1) is 0 Å². The zero-order valence-electron chi connectivity index (χ0n) is 9.84. The molecule has 2 aromatic rings. The minimum absolute atomic E-state index is 0.271. The predicted molar refractivity (Wildman–Crippen MR) is 71.0 cm³/mol. The Morgan fingerprint density at radius 3 is 2.47 bits per heavy atom. The summed E-state index contributed by atoms with van der Waals surface area (Å²) in [5.41, 5.74) is 10.5. The van der Waals surface area contributed by atoms with E-state index in [9.17, 15) is 0 Å². The van der Waals surface area contributed by atoms with Crippen molar-refractivity contribution >= 4 is 0 Å². The molecule has 3 rings (SSSR count). The Labute approximate surface area is 102 Å². The highest BCUT2D eigenvalue weighted by Crippen LogP contribution is 2.34. The van der Waals surface area contributed by atoms with Crippen molar-refractivity contribution in [3.8, 4) is 0 Å². The maximum absolute atomic E-state index is 6.28. The van der Waals surface area contributed by atoms with Gasteiger partial charge in [0, 0.05) is 12.0 Å². The Morgan fingerprint density at radius 2 is 1.65 bits per heavy atom. The lowest BCUT2D eigenvalue weighted by atomic mass is 9.91. The summed E-state index contributed by atoms with van der Waals surface area (Å²) in [4.78, 5) is 0. The molecule has 86 valence electrons. The molecular formula is C16H17N. The highest BCUT2D eigenvalue weighted by Gasteiger charge is 2.29. The second kappa shape index (κ2) is 4.34. The number of hydrogen-bond donors (Lipinski definition) is 1. The van der Waals surface area contributed by atoms with Gasteiger partial charge in [0.05, 0.1) is 0 Å². The molecule has 0 bridgehead atoms. The van der Waals surface area contributed by atoms with E-state index in [1.165, 1.54) is 16.7 Å². The zero-order chi connectivity index (χ0) is 11.7. The van der Waals surface area contributed by atoms with E-state index < -0.39 is 0 Å². The molecule has 2 N–H and O–H groups in total. The summed E-state index contributed by atoms with van der Waals surface area (Å²) >= 11 is 0. The Morgan fingerprint density at radius 1 is 0.941 bits per heavy atom. The van der Waals surface area contributed by atoms with Crippen LogP contribution in [0.25, 0.3) is 0 Å². The van der Waals surface area contributed by atoms with Gasteiger partial charge in [0.15, 0.2) is 0 Å². The quantitative estimate of drug-likeness (QED) is 0.832. The summed E-state index contributed by atoms with van der Waals surface area (Å²) in [5.74, 6) is 0.480. The molecule has 0 amide bonds. The number of nitrogens with two attached hydrogens (primary N) is 1. The van der Waals surface area contributed by atoms with Crippen LogP contribution in [0.3, 0.4) is 0 Å². The SMILES string of the molecule is N[C@H]1Cc2ccccc2[C@H]1Cc1ccccc1. The Kier molecular flexibility index (Phi) is 2.69. The first kappa shape index (κ1) is 10.5. The van der Waals surface area contributed by atoms with Crippen molar-refractivity contribution in [3.05, 3.63) is 71.3 Å². The minimum Gasteiger partial charge on any atom is -0.327 e. The van der Waals surface area contributed by atoms with Crippen LogP contribution in [0.1, 0.15) is 22.6 Å². The van der Waals surface area contributed by atoms with Crippen molar-refractivity contribution in [3.63, 3.8) is 0 Å². The molecule has 0 fully saturated rings. The average molecular weight is 223 g/mol. The van der Waals surface area contributed by atoms with Crippen molar-refractivity contribution in [1.29, 1.82) is 0 Å². The van der Waals surface area contributed by atoms with E-state index in [1.807, 2.05) is 0 Å². The Hall–Kier alpha value is -1.60. The van der Waals surface area contributed by atoms with Gasteiger partial charge in [-0.3, -0.25) is 0 Å². The van der Waals surface area contributed by atoms with Crippen molar-refractivity contribution in [2.45, 2.75) is 24.8 Å². The summed E-state index contributed by atoms with van der Waals surface area (Å²) in [6.07, 6.45) is 2.08. The van der Waals surface area contributed by atoms with Crippen LogP contribution in [0.2, 0.25) is 0 Å². The van der Waals surface area contributed by atoms with E-state index in [-0.39, 0.29) is 6.04 Å². The molecule has 0 aromatic heterocycles. The smallest absolute Gasteiger partial charge is 0.0152 e. The number of rotatable bonds is 2. The molecule has 0 heterocycles. The fourth-order valence-corrected chi connectivity index (χ4v) is 2.84.